The Morgan fingerprint density at radius 1 is 0.812 bits per heavy atom. The molecule has 0 atom stereocenters. The fourth-order valence-corrected chi connectivity index (χ4v) is 0.856. The highest BCUT2D eigenvalue weighted by Crippen LogP contribution is 2.07. The van der Waals surface area contributed by atoms with Crippen LogP contribution in [-0.2, 0) is 0 Å². The average Bonchev–Trinajstić information content (AvgIpc) is 2.04. The van der Waals surface area contributed by atoms with Crippen molar-refractivity contribution in [3.63, 3.8) is 0 Å². The SMILES string of the molecule is Cl.N.N.N.O=C(O)c1ccccc1C(=O)O. The third-order valence-electron chi connectivity index (χ3n) is 1.39. The van der Waals surface area contributed by atoms with Crippen LogP contribution in [0.5, 0.6) is 0 Å². The van der Waals surface area contributed by atoms with E-state index in [4.69, 9.17) is 10.2 Å². The van der Waals surface area contributed by atoms with Crippen LogP contribution in [0.15, 0.2) is 24.3 Å². The minimum absolute atomic E-state index is 0. The Hall–Kier alpha value is -1.67. The van der Waals surface area contributed by atoms with Gasteiger partial charge in [-0.1, -0.05) is 12.1 Å². The van der Waals surface area contributed by atoms with Crippen LogP contribution in [0.2, 0.25) is 0 Å². The molecule has 0 heterocycles. The van der Waals surface area contributed by atoms with Crippen molar-refractivity contribution in [1.29, 1.82) is 0 Å². The fraction of sp³-hybridized carbons (Fsp3) is 0. The van der Waals surface area contributed by atoms with E-state index in [1.807, 2.05) is 0 Å². The summed E-state index contributed by atoms with van der Waals surface area (Å²) in [6, 6.07) is 5.48. The first-order valence-corrected chi connectivity index (χ1v) is 3.18. The molecule has 1 aromatic carbocycles. The summed E-state index contributed by atoms with van der Waals surface area (Å²) < 4.78 is 0. The van der Waals surface area contributed by atoms with Crippen molar-refractivity contribution >= 4 is 24.3 Å². The van der Waals surface area contributed by atoms with Crippen molar-refractivity contribution in [2.24, 2.45) is 0 Å². The molecule has 0 aromatic heterocycles. The van der Waals surface area contributed by atoms with Crippen LogP contribution in [0.1, 0.15) is 20.7 Å². The second-order valence-electron chi connectivity index (χ2n) is 2.16. The van der Waals surface area contributed by atoms with Crippen molar-refractivity contribution in [2.75, 3.05) is 0 Å². The van der Waals surface area contributed by atoms with Gasteiger partial charge in [0, 0.05) is 0 Å². The number of carboxylic acids is 2. The van der Waals surface area contributed by atoms with Crippen LogP contribution in [-0.4, -0.2) is 22.2 Å². The molecule has 16 heavy (non-hydrogen) atoms. The zero-order valence-electron chi connectivity index (χ0n) is 8.55. The molecule has 0 aliphatic heterocycles. The lowest BCUT2D eigenvalue weighted by Gasteiger charge is -1.98. The summed E-state index contributed by atoms with van der Waals surface area (Å²) in [7, 11) is 0. The Morgan fingerprint density at radius 2 is 1.06 bits per heavy atom. The van der Waals surface area contributed by atoms with E-state index in [1.54, 1.807) is 0 Å². The van der Waals surface area contributed by atoms with Crippen LogP contribution in [0.4, 0.5) is 0 Å². The molecule has 1 aromatic rings. The quantitative estimate of drug-likeness (QED) is 0.534. The Balaban J connectivity index is -0.000000180. The van der Waals surface area contributed by atoms with Gasteiger partial charge in [-0.3, -0.25) is 0 Å². The third kappa shape index (κ3) is 5.27. The Kier molecular flexibility index (Phi) is 14.7. The zero-order valence-corrected chi connectivity index (χ0v) is 9.37. The van der Waals surface area contributed by atoms with E-state index in [2.05, 4.69) is 0 Å². The highest BCUT2D eigenvalue weighted by Gasteiger charge is 2.13. The van der Waals surface area contributed by atoms with Gasteiger partial charge in [0.05, 0.1) is 11.1 Å². The molecule has 1 rings (SSSR count). The van der Waals surface area contributed by atoms with Crippen molar-refractivity contribution < 1.29 is 19.8 Å². The maximum Gasteiger partial charge on any atom is 0.336 e. The standard InChI is InChI=1S/C8H6O4.ClH.3H3N/c9-7(10)5-3-1-2-4-6(5)8(11)12;;;;/h1-4H,(H,9,10)(H,11,12);1H;3*1H3. The predicted octanol–water partition coefficient (Wildman–Crippen LogP) is 1.99. The minimum Gasteiger partial charge on any atom is -0.478 e. The fourth-order valence-electron chi connectivity index (χ4n) is 0.856. The molecule has 0 fully saturated rings. The molecule has 94 valence electrons. The van der Waals surface area contributed by atoms with Gasteiger partial charge in [-0.15, -0.1) is 12.4 Å². The van der Waals surface area contributed by atoms with Crippen molar-refractivity contribution in [1.82, 2.24) is 18.5 Å². The average molecular weight is 254 g/mol. The van der Waals surface area contributed by atoms with Gasteiger partial charge in [-0.2, -0.15) is 0 Å². The highest BCUT2D eigenvalue weighted by molar-refractivity contribution is 6.01. The first-order chi connectivity index (χ1) is 5.63. The lowest BCUT2D eigenvalue weighted by atomic mass is 10.1. The van der Waals surface area contributed by atoms with Crippen molar-refractivity contribution in [3.05, 3.63) is 35.4 Å². The van der Waals surface area contributed by atoms with Gasteiger partial charge in [-0.25, -0.2) is 9.59 Å². The van der Waals surface area contributed by atoms with Crippen LogP contribution >= 0.6 is 12.4 Å². The van der Waals surface area contributed by atoms with E-state index in [1.165, 1.54) is 24.3 Å². The molecule has 11 N–H and O–H groups in total. The lowest BCUT2D eigenvalue weighted by Crippen LogP contribution is -2.06. The molecule has 0 bridgehead atoms. The summed E-state index contributed by atoms with van der Waals surface area (Å²) in [5.74, 6) is -2.46. The van der Waals surface area contributed by atoms with Crippen LogP contribution < -0.4 is 18.5 Å². The summed E-state index contributed by atoms with van der Waals surface area (Å²) in [5.41, 5.74) is -0.380. The first-order valence-electron chi connectivity index (χ1n) is 3.18. The van der Waals surface area contributed by atoms with E-state index in [0.29, 0.717) is 0 Å². The summed E-state index contributed by atoms with van der Waals surface area (Å²) >= 11 is 0. The molecule has 7 nitrogen and oxygen atoms in total. The second kappa shape index (κ2) is 9.87. The van der Waals surface area contributed by atoms with Gasteiger partial charge in [0.2, 0.25) is 0 Å². The molecule has 0 amide bonds. The Bertz CT molecular complexity index is 313. The first kappa shape index (κ1) is 23.9. The molecule has 0 radical (unpaired) electrons. The zero-order chi connectivity index (χ0) is 9.14. The number of rotatable bonds is 2. The summed E-state index contributed by atoms with van der Waals surface area (Å²) in [6.45, 7) is 0. The van der Waals surface area contributed by atoms with Gasteiger partial charge >= 0.3 is 11.9 Å². The highest BCUT2D eigenvalue weighted by atomic mass is 35.5. The number of benzene rings is 1. The second-order valence-corrected chi connectivity index (χ2v) is 2.16. The molecule has 0 aliphatic rings. The molecule has 8 heteroatoms. The number of halogens is 1. The number of carbonyl (C=O) groups is 2. The lowest BCUT2D eigenvalue weighted by molar-refractivity contribution is 0.0651. The number of hydrogen-bond donors (Lipinski definition) is 5. The Morgan fingerprint density at radius 3 is 1.25 bits per heavy atom. The number of carboxylic acid groups (broad SMARTS) is 2. The third-order valence-corrected chi connectivity index (χ3v) is 1.39. The molecule has 0 saturated carbocycles. The summed E-state index contributed by atoms with van der Waals surface area (Å²) in [6.07, 6.45) is 0. The molecule has 0 unspecified atom stereocenters. The van der Waals surface area contributed by atoms with Crippen LogP contribution in [0, 0.1) is 0 Å². The largest absolute Gasteiger partial charge is 0.478 e. The van der Waals surface area contributed by atoms with E-state index >= 15 is 0 Å². The van der Waals surface area contributed by atoms with Crippen LogP contribution in [0.3, 0.4) is 0 Å². The van der Waals surface area contributed by atoms with Crippen LogP contribution in [0.25, 0.3) is 0 Å². The topological polar surface area (TPSA) is 180 Å². The number of hydrogen-bond acceptors (Lipinski definition) is 5. The Labute approximate surface area is 98.6 Å². The smallest absolute Gasteiger partial charge is 0.336 e. The maximum atomic E-state index is 10.5. The molecule has 0 aliphatic carbocycles. The number of aromatic carboxylic acids is 2. The maximum absolute atomic E-state index is 10.5. The molecular formula is C8H16ClN3O4. The van der Waals surface area contributed by atoms with Gasteiger partial charge in [0.1, 0.15) is 0 Å². The summed E-state index contributed by atoms with van der Waals surface area (Å²) in [4.78, 5) is 20.9. The molecular weight excluding hydrogens is 238 g/mol. The van der Waals surface area contributed by atoms with Crippen molar-refractivity contribution in [2.45, 2.75) is 0 Å². The molecule has 0 saturated heterocycles. The summed E-state index contributed by atoms with van der Waals surface area (Å²) in [5, 5.41) is 17.1. The van der Waals surface area contributed by atoms with E-state index in [-0.39, 0.29) is 42.0 Å². The van der Waals surface area contributed by atoms with Gasteiger partial charge in [0.15, 0.2) is 0 Å². The molecule has 0 spiro atoms. The van der Waals surface area contributed by atoms with E-state index in [0.717, 1.165) is 0 Å². The normalized spacial score (nSPS) is 7.00. The predicted molar refractivity (Wildman–Crippen MR) is 62.7 cm³/mol. The van der Waals surface area contributed by atoms with E-state index < -0.39 is 11.9 Å². The van der Waals surface area contributed by atoms with Gasteiger partial charge in [0.25, 0.3) is 0 Å². The van der Waals surface area contributed by atoms with Gasteiger partial charge in [-0.05, 0) is 12.1 Å². The van der Waals surface area contributed by atoms with Gasteiger partial charge < -0.3 is 28.7 Å². The monoisotopic (exact) mass is 253 g/mol. The van der Waals surface area contributed by atoms with Crippen molar-refractivity contribution in [3.8, 4) is 0 Å². The van der Waals surface area contributed by atoms with E-state index in [9.17, 15) is 9.59 Å². The minimum atomic E-state index is -1.23.